The smallest absolute Gasteiger partial charge is 0.0594 e. The second-order valence-electron chi connectivity index (χ2n) is 5.62. The van der Waals surface area contributed by atoms with Crippen LogP contribution in [0.2, 0.25) is 0 Å². The van der Waals surface area contributed by atoms with E-state index in [1.807, 2.05) is 0 Å². The molecule has 0 amide bonds. The van der Waals surface area contributed by atoms with Gasteiger partial charge in [-0.15, -0.1) is 0 Å². The summed E-state index contributed by atoms with van der Waals surface area (Å²) in [6, 6.07) is 8.88. The molecule has 3 rings (SSSR count). The number of rotatable bonds is 5. The molecule has 0 radical (unpaired) electrons. The van der Waals surface area contributed by atoms with E-state index in [1.165, 1.54) is 37.3 Å². The molecule has 20 heavy (non-hydrogen) atoms. The van der Waals surface area contributed by atoms with Crippen LogP contribution in [0.1, 0.15) is 12.8 Å². The zero-order chi connectivity index (χ0) is 13.6. The third kappa shape index (κ3) is 3.64. The van der Waals surface area contributed by atoms with Crippen molar-refractivity contribution in [1.82, 2.24) is 4.90 Å². The second kappa shape index (κ2) is 6.95. The van der Waals surface area contributed by atoms with Gasteiger partial charge in [0.05, 0.1) is 13.2 Å². The first-order chi connectivity index (χ1) is 9.92. The van der Waals surface area contributed by atoms with Crippen LogP contribution in [0.5, 0.6) is 0 Å². The van der Waals surface area contributed by atoms with Crippen LogP contribution in [0.25, 0.3) is 0 Å². The minimum Gasteiger partial charge on any atom is -0.384 e. The van der Waals surface area contributed by atoms with E-state index in [0.29, 0.717) is 0 Å². The summed E-state index contributed by atoms with van der Waals surface area (Å²) in [5.74, 6) is 0. The van der Waals surface area contributed by atoms with Gasteiger partial charge in [0.15, 0.2) is 0 Å². The lowest BCUT2D eigenvalue weighted by atomic mass is 10.2. The molecule has 4 heteroatoms. The molecule has 2 heterocycles. The highest BCUT2D eigenvalue weighted by Crippen LogP contribution is 2.21. The minimum absolute atomic E-state index is 0.879. The van der Waals surface area contributed by atoms with Crippen LogP contribution in [-0.4, -0.2) is 57.4 Å². The fraction of sp³-hybridized carbons (Fsp3) is 0.625. The Morgan fingerprint density at radius 1 is 0.950 bits per heavy atom. The predicted molar refractivity (Wildman–Crippen MR) is 83.6 cm³/mol. The summed E-state index contributed by atoms with van der Waals surface area (Å²) in [5, 5.41) is 3.51. The molecule has 2 saturated heterocycles. The molecule has 0 saturated carbocycles. The predicted octanol–water partition coefficient (Wildman–Crippen LogP) is 2.03. The maximum atomic E-state index is 5.36. The van der Waals surface area contributed by atoms with E-state index in [2.05, 4.69) is 39.4 Å². The van der Waals surface area contributed by atoms with Crippen LogP contribution in [0.3, 0.4) is 0 Å². The van der Waals surface area contributed by atoms with E-state index >= 15 is 0 Å². The molecular formula is C16H25N3O. The lowest BCUT2D eigenvalue weighted by Crippen LogP contribution is -2.38. The number of hydrogen-bond donors (Lipinski definition) is 1. The zero-order valence-corrected chi connectivity index (χ0v) is 12.2. The molecule has 0 atom stereocenters. The molecule has 0 unspecified atom stereocenters. The first-order valence-electron chi connectivity index (χ1n) is 7.81. The van der Waals surface area contributed by atoms with Crippen molar-refractivity contribution in [3.8, 4) is 0 Å². The molecule has 2 aliphatic rings. The molecule has 4 nitrogen and oxygen atoms in total. The van der Waals surface area contributed by atoms with Crippen molar-refractivity contribution >= 4 is 11.4 Å². The highest BCUT2D eigenvalue weighted by molar-refractivity contribution is 5.55. The Hall–Kier alpha value is -1.26. The molecule has 110 valence electrons. The Labute approximate surface area is 121 Å². The number of ether oxygens (including phenoxy) is 1. The van der Waals surface area contributed by atoms with E-state index in [9.17, 15) is 0 Å². The highest BCUT2D eigenvalue weighted by Gasteiger charge is 2.12. The van der Waals surface area contributed by atoms with Crippen LogP contribution >= 0.6 is 0 Å². The molecule has 0 aliphatic carbocycles. The van der Waals surface area contributed by atoms with Crippen molar-refractivity contribution in [2.75, 3.05) is 62.7 Å². The fourth-order valence-corrected chi connectivity index (χ4v) is 2.95. The molecule has 2 fully saturated rings. The van der Waals surface area contributed by atoms with Gasteiger partial charge in [0.1, 0.15) is 0 Å². The Balaban J connectivity index is 1.43. The number of nitrogens with one attached hydrogen (secondary N) is 1. The summed E-state index contributed by atoms with van der Waals surface area (Å²) in [6.07, 6.45) is 2.67. The molecule has 0 spiro atoms. The van der Waals surface area contributed by atoms with Crippen molar-refractivity contribution < 1.29 is 4.74 Å². The average molecular weight is 275 g/mol. The minimum atomic E-state index is 0.879. The summed E-state index contributed by atoms with van der Waals surface area (Å²) in [4.78, 5) is 4.92. The Morgan fingerprint density at radius 3 is 2.35 bits per heavy atom. The van der Waals surface area contributed by atoms with Crippen LogP contribution in [-0.2, 0) is 4.74 Å². The Morgan fingerprint density at radius 2 is 1.65 bits per heavy atom. The number of anilines is 2. The maximum absolute atomic E-state index is 5.36. The molecule has 0 bridgehead atoms. The largest absolute Gasteiger partial charge is 0.384 e. The van der Waals surface area contributed by atoms with E-state index in [1.54, 1.807) is 0 Å². The van der Waals surface area contributed by atoms with Crippen LogP contribution < -0.4 is 10.2 Å². The first-order valence-corrected chi connectivity index (χ1v) is 7.81. The van der Waals surface area contributed by atoms with Gasteiger partial charge in [-0.25, -0.2) is 0 Å². The molecule has 2 aliphatic heterocycles. The summed E-state index contributed by atoms with van der Waals surface area (Å²) in [7, 11) is 0. The van der Waals surface area contributed by atoms with E-state index in [-0.39, 0.29) is 0 Å². The van der Waals surface area contributed by atoms with Gasteiger partial charge in [0.25, 0.3) is 0 Å². The van der Waals surface area contributed by atoms with E-state index in [0.717, 1.165) is 39.4 Å². The zero-order valence-electron chi connectivity index (χ0n) is 12.2. The maximum Gasteiger partial charge on any atom is 0.0594 e. The van der Waals surface area contributed by atoms with Crippen molar-refractivity contribution in [2.24, 2.45) is 0 Å². The van der Waals surface area contributed by atoms with Crippen LogP contribution in [0.4, 0.5) is 11.4 Å². The number of benzene rings is 1. The number of nitrogens with zero attached hydrogens (tertiary/aromatic N) is 2. The molecule has 1 aromatic carbocycles. The Bertz CT molecular complexity index is 395. The fourth-order valence-electron chi connectivity index (χ4n) is 2.95. The molecular weight excluding hydrogens is 250 g/mol. The van der Waals surface area contributed by atoms with Gasteiger partial charge < -0.3 is 15.0 Å². The van der Waals surface area contributed by atoms with Gasteiger partial charge in [-0.2, -0.15) is 0 Å². The summed E-state index contributed by atoms with van der Waals surface area (Å²) in [6.45, 7) is 8.41. The third-order valence-corrected chi connectivity index (χ3v) is 4.20. The molecule has 1 N–H and O–H groups in total. The summed E-state index contributed by atoms with van der Waals surface area (Å²) in [5.41, 5.74) is 2.59. The summed E-state index contributed by atoms with van der Waals surface area (Å²) < 4.78 is 5.36. The van der Waals surface area contributed by atoms with Crippen molar-refractivity contribution in [2.45, 2.75) is 12.8 Å². The topological polar surface area (TPSA) is 27.7 Å². The van der Waals surface area contributed by atoms with Gasteiger partial charge in [-0.05, 0) is 37.1 Å². The lowest BCUT2D eigenvalue weighted by Gasteiger charge is -2.26. The van der Waals surface area contributed by atoms with Crippen molar-refractivity contribution in [3.05, 3.63) is 24.3 Å². The molecule has 1 aromatic rings. The summed E-state index contributed by atoms with van der Waals surface area (Å²) >= 11 is 0. The van der Waals surface area contributed by atoms with Crippen molar-refractivity contribution in [3.63, 3.8) is 0 Å². The van der Waals surface area contributed by atoms with Gasteiger partial charge in [0.2, 0.25) is 0 Å². The van der Waals surface area contributed by atoms with Crippen molar-refractivity contribution in [1.29, 1.82) is 0 Å². The van der Waals surface area contributed by atoms with Gasteiger partial charge in [-0.1, -0.05) is 0 Å². The quantitative estimate of drug-likeness (QED) is 0.890. The standard InChI is InChI=1S/C16H25N3O/c1-2-9-19(8-1)16-5-3-15(4-6-16)17-7-10-18-11-13-20-14-12-18/h3-6,17H,1-2,7-14H2. The lowest BCUT2D eigenvalue weighted by molar-refractivity contribution is 0.0398. The van der Waals surface area contributed by atoms with E-state index < -0.39 is 0 Å². The van der Waals surface area contributed by atoms with Gasteiger partial charge >= 0.3 is 0 Å². The second-order valence-corrected chi connectivity index (χ2v) is 5.62. The van der Waals surface area contributed by atoms with Gasteiger partial charge in [-0.3, -0.25) is 4.90 Å². The van der Waals surface area contributed by atoms with Gasteiger partial charge in [0, 0.05) is 50.6 Å². The average Bonchev–Trinajstić information content (AvgIpc) is 3.03. The SMILES string of the molecule is c1cc(N2CCCC2)ccc1NCCN1CCOCC1. The van der Waals surface area contributed by atoms with Crippen LogP contribution in [0.15, 0.2) is 24.3 Å². The molecule has 0 aromatic heterocycles. The monoisotopic (exact) mass is 275 g/mol. The highest BCUT2D eigenvalue weighted by atomic mass is 16.5. The third-order valence-electron chi connectivity index (χ3n) is 4.20. The normalized spacial score (nSPS) is 20.3. The number of morpholine rings is 1. The van der Waals surface area contributed by atoms with Crippen LogP contribution in [0, 0.1) is 0 Å². The Kier molecular flexibility index (Phi) is 4.77. The first kappa shape index (κ1) is 13.7. The number of hydrogen-bond acceptors (Lipinski definition) is 4. The van der Waals surface area contributed by atoms with E-state index in [4.69, 9.17) is 4.74 Å².